The van der Waals surface area contributed by atoms with Crippen LogP contribution in [0.5, 0.6) is 0 Å². The Hall–Kier alpha value is -0.620. The number of aromatic nitrogens is 2. The lowest BCUT2D eigenvalue weighted by Gasteiger charge is -2.32. The number of piperazine rings is 1. The molecule has 3 rings (SSSR count). The Balaban J connectivity index is 0.00000133. The number of nitrogens with zero attached hydrogens (tertiary/aromatic N) is 3. The molecule has 0 bridgehead atoms. The number of hydrogen-bond acceptors (Lipinski definition) is 4. The van der Waals surface area contributed by atoms with Crippen molar-refractivity contribution in [2.75, 3.05) is 39.3 Å². The highest BCUT2D eigenvalue weighted by Gasteiger charge is 2.28. The molecule has 6 heteroatoms. The van der Waals surface area contributed by atoms with Gasteiger partial charge in [0, 0.05) is 63.1 Å². The van der Waals surface area contributed by atoms with Crippen LogP contribution in [0.2, 0.25) is 0 Å². The summed E-state index contributed by atoms with van der Waals surface area (Å²) in [7, 11) is 0. The molecule has 1 aromatic heterocycles. The van der Waals surface area contributed by atoms with Gasteiger partial charge in [-0.2, -0.15) is 5.10 Å². The number of nitrogens with one attached hydrogen (secondary N) is 2. The summed E-state index contributed by atoms with van der Waals surface area (Å²) in [5.74, 6) is 0. The van der Waals surface area contributed by atoms with Gasteiger partial charge in [-0.25, -0.2) is 0 Å². The van der Waals surface area contributed by atoms with Crippen molar-refractivity contribution in [3.63, 3.8) is 0 Å². The summed E-state index contributed by atoms with van der Waals surface area (Å²) in [5.41, 5.74) is 2.55. The maximum Gasteiger partial charge on any atom is 0.0535 e. The van der Waals surface area contributed by atoms with Gasteiger partial charge in [0.25, 0.3) is 0 Å². The second-order valence-corrected chi connectivity index (χ2v) is 5.48. The minimum absolute atomic E-state index is 0. The van der Waals surface area contributed by atoms with E-state index in [1.165, 1.54) is 43.9 Å². The molecule has 0 aromatic carbocycles. The molecule has 2 aliphatic heterocycles. The third kappa shape index (κ3) is 3.48. The van der Waals surface area contributed by atoms with E-state index >= 15 is 0 Å². The lowest BCUT2D eigenvalue weighted by molar-refractivity contribution is 0.170. The largest absolute Gasteiger partial charge is 0.314 e. The smallest absolute Gasteiger partial charge is 0.0535 e. The van der Waals surface area contributed by atoms with E-state index in [0.29, 0.717) is 0 Å². The summed E-state index contributed by atoms with van der Waals surface area (Å²) in [4.78, 5) is 5.21. The normalized spacial score (nSPS) is 25.4. The number of aromatic amines is 1. The molecule has 5 nitrogen and oxygen atoms in total. The molecule has 2 aliphatic rings. The first-order chi connectivity index (χ1) is 8.83. The highest BCUT2D eigenvalue weighted by Crippen LogP contribution is 2.19. The fourth-order valence-electron chi connectivity index (χ4n) is 3.08. The van der Waals surface area contributed by atoms with Crippen molar-refractivity contribution in [2.24, 2.45) is 0 Å². The number of hydrogen-bond donors (Lipinski definition) is 2. The Kier molecular flexibility index (Phi) is 5.21. The maximum absolute atomic E-state index is 4.10. The number of likely N-dealkylation sites (tertiary alicyclic amines) is 1. The molecular weight excluding hydrogens is 262 g/mol. The fourth-order valence-corrected chi connectivity index (χ4v) is 3.08. The summed E-state index contributed by atoms with van der Waals surface area (Å²) >= 11 is 0. The zero-order valence-corrected chi connectivity index (χ0v) is 12.4. The van der Waals surface area contributed by atoms with Gasteiger partial charge in [-0.05, 0) is 13.3 Å². The summed E-state index contributed by atoms with van der Waals surface area (Å²) in [6.45, 7) is 10.3. The second kappa shape index (κ2) is 6.70. The Morgan fingerprint density at radius 1 is 1.32 bits per heavy atom. The van der Waals surface area contributed by atoms with Gasteiger partial charge in [-0.1, -0.05) is 0 Å². The predicted molar refractivity (Wildman–Crippen MR) is 78.7 cm³/mol. The van der Waals surface area contributed by atoms with E-state index in [4.69, 9.17) is 0 Å². The first-order valence-corrected chi connectivity index (χ1v) is 6.99. The van der Waals surface area contributed by atoms with Gasteiger partial charge in [-0.3, -0.25) is 14.9 Å². The van der Waals surface area contributed by atoms with Crippen molar-refractivity contribution in [2.45, 2.75) is 25.9 Å². The van der Waals surface area contributed by atoms with Crippen LogP contribution in [0.25, 0.3) is 0 Å². The first kappa shape index (κ1) is 14.8. The average molecular weight is 286 g/mol. The SMILES string of the molecule is Cc1[nH]ncc1CN1CCC(N2CCNCC2)C1.Cl. The molecule has 0 radical (unpaired) electrons. The Bertz CT molecular complexity index is 388. The van der Waals surface area contributed by atoms with Gasteiger partial charge in [0.15, 0.2) is 0 Å². The predicted octanol–water partition coefficient (Wildman–Crippen LogP) is 0.619. The molecule has 0 spiro atoms. The van der Waals surface area contributed by atoms with Crippen LogP contribution in [0.15, 0.2) is 6.20 Å². The van der Waals surface area contributed by atoms with Crippen LogP contribution in [-0.2, 0) is 6.54 Å². The fraction of sp³-hybridized carbons (Fsp3) is 0.769. The molecule has 2 N–H and O–H groups in total. The van der Waals surface area contributed by atoms with Gasteiger partial charge in [0.1, 0.15) is 0 Å². The van der Waals surface area contributed by atoms with Crippen molar-refractivity contribution in [1.29, 1.82) is 0 Å². The van der Waals surface area contributed by atoms with Gasteiger partial charge >= 0.3 is 0 Å². The molecule has 19 heavy (non-hydrogen) atoms. The third-order valence-corrected chi connectivity index (χ3v) is 4.24. The van der Waals surface area contributed by atoms with Gasteiger partial charge in [0.05, 0.1) is 6.20 Å². The minimum atomic E-state index is 0. The van der Waals surface area contributed by atoms with Crippen LogP contribution < -0.4 is 5.32 Å². The monoisotopic (exact) mass is 285 g/mol. The maximum atomic E-state index is 4.10. The van der Waals surface area contributed by atoms with Crippen LogP contribution in [0, 0.1) is 6.92 Å². The van der Waals surface area contributed by atoms with Crippen molar-refractivity contribution in [3.8, 4) is 0 Å². The number of halogens is 1. The second-order valence-electron chi connectivity index (χ2n) is 5.48. The standard InChI is InChI=1S/C13H23N5.ClH/c1-11-12(8-15-16-11)9-17-5-2-13(10-17)18-6-3-14-4-7-18;/h8,13-14H,2-7,9-10H2,1H3,(H,15,16);1H. The molecule has 2 saturated heterocycles. The van der Waals surface area contributed by atoms with Crippen LogP contribution in [0.3, 0.4) is 0 Å². The van der Waals surface area contributed by atoms with Gasteiger partial charge in [0.2, 0.25) is 0 Å². The van der Waals surface area contributed by atoms with E-state index in [1.807, 2.05) is 6.20 Å². The lowest BCUT2D eigenvalue weighted by atomic mass is 10.2. The summed E-state index contributed by atoms with van der Waals surface area (Å²) in [6.07, 6.45) is 3.28. The molecule has 3 heterocycles. The van der Waals surface area contributed by atoms with E-state index in [0.717, 1.165) is 25.7 Å². The lowest BCUT2D eigenvalue weighted by Crippen LogP contribution is -2.49. The topological polar surface area (TPSA) is 47.2 Å². The third-order valence-electron chi connectivity index (χ3n) is 4.24. The molecule has 1 unspecified atom stereocenters. The van der Waals surface area contributed by atoms with E-state index in [2.05, 4.69) is 32.2 Å². The van der Waals surface area contributed by atoms with E-state index < -0.39 is 0 Å². The Morgan fingerprint density at radius 2 is 2.11 bits per heavy atom. The molecule has 0 aliphatic carbocycles. The van der Waals surface area contributed by atoms with Crippen molar-refractivity contribution < 1.29 is 0 Å². The first-order valence-electron chi connectivity index (χ1n) is 6.99. The van der Waals surface area contributed by atoms with Crippen molar-refractivity contribution in [3.05, 3.63) is 17.5 Å². The van der Waals surface area contributed by atoms with Gasteiger partial charge < -0.3 is 5.32 Å². The summed E-state index contributed by atoms with van der Waals surface area (Å²) < 4.78 is 0. The van der Waals surface area contributed by atoms with Crippen LogP contribution in [0.4, 0.5) is 0 Å². The van der Waals surface area contributed by atoms with Crippen LogP contribution in [0.1, 0.15) is 17.7 Å². The summed E-state index contributed by atoms with van der Waals surface area (Å²) in [5, 5.41) is 10.5. The highest BCUT2D eigenvalue weighted by atomic mass is 35.5. The van der Waals surface area contributed by atoms with E-state index in [9.17, 15) is 0 Å². The number of H-pyrrole nitrogens is 1. The Morgan fingerprint density at radius 3 is 2.79 bits per heavy atom. The van der Waals surface area contributed by atoms with Crippen molar-refractivity contribution >= 4 is 12.4 Å². The average Bonchev–Trinajstić information content (AvgIpc) is 3.02. The zero-order chi connectivity index (χ0) is 12.4. The highest BCUT2D eigenvalue weighted by molar-refractivity contribution is 5.85. The molecular formula is C13H24ClN5. The van der Waals surface area contributed by atoms with E-state index in [-0.39, 0.29) is 12.4 Å². The molecule has 108 valence electrons. The van der Waals surface area contributed by atoms with E-state index in [1.54, 1.807) is 0 Å². The van der Waals surface area contributed by atoms with Gasteiger partial charge in [-0.15, -0.1) is 12.4 Å². The Labute approximate surface area is 121 Å². The number of aryl methyl sites for hydroxylation is 1. The number of rotatable bonds is 3. The molecule has 1 atom stereocenters. The zero-order valence-electron chi connectivity index (χ0n) is 11.6. The van der Waals surface area contributed by atoms with Crippen molar-refractivity contribution in [1.82, 2.24) is 25.3 Å². The minimum Gasteiger partial charge on any atom is -0.314 e. The van der Waals surface area contributed by atoms with Crippen LogP contribution in [-0.4, -0.2) is 65.3 Å². The quantitative estimate of drug-likeness (QED) is 0.855. The molecule has 1 aromatic rings. The molecule has 0 saturated carbocycles. The molecule has 0 amide bonds. The summed E-state index contributed by atoms with van der Waals surface area (Å²) in [6, 6.07) is 0.763. The van der Waals surface area contributed by atoms with Crippen LogP contribution >= 0.6 is 12.4 Å². The molecule has 2 fully saturated rings.